The summed E-state index contributed by atoms with van der Waals surface area (Å²) >= 11 is 0. The number of amides is 1. The monoisotopic (exact) mass is 463 g/mol. The maximum Gasteiger partial charge on any atom is 0.433 e. The normalized spacial score (nSPS) is 14.4. The molecule has 0 atom stereocenters. The van der Waals surface area contributed by atoms with Crippen LogP contribution in [0.5, 0.6) is 0 Å². The van der Waals surface area contributed by atoms with E-state index < -0.39 is 11.9 Å². The van der Waals surface area contributed by atoms with Crippen LogP contribution in [0.3, 0.4) is 0 Å². The molecule has 0 bridgehead atoms. The summed E-state index contributed by atoms with van der Waals surface area (Å²) in [6, 6.07) is 15.0. The van der Waals surface area contributed by atoms with E-state index in [0.29, 0.717) is 48.5 Å². The molecule has 1 saturated heterocycles. The number of aromatic nitrogens is 3. The summed E-state index contributed by atoms with van der Waals surface area (Å²) in [6.07, 6.45) is 0.177. The van der Waals surface area contributed by atoms with Crippen molar-refractivity contribution in [2.75, 3.05) is 31.1 Å². The van der Waals surface area contributed by atoms with Gasteiger partial charge in [0.15, 0.2) is 0 Å². The number of hydrogen-bond donors (Lipinski definition) is 0. The minimum atomic E-state index is -4.55. The van der Waals surface area contributed by atoms with Crippen molar-refractivity contribution in [3.8, 4) is 11.1 Å². The molecule has 0 saturated carbocycles. The highest BCUT2D eigenvalue weighted by atomic mass is 19.4. The Labute approximate surface area is 193 Å². The topological polar surface area (TPSA) is 62.2 Å². The molecule has 4 heterocycles. The second-order valence-electron chi connectivity index (χ2n) is 7.97. The second kappa shape index (κ2) is 8.74. The van der Waals surface area contributed by atoms with E-state index in [9.17, 15) is 18.0 Å². The predicted octanol–water partition coefficient (Wildman–Crippen LogP) is 4.67. The van der Waals surface area contributed by atoms with Crippen molar-refractivity contribution >= 4 is 22.6 Å². The van der Waals surface area contributed by atoms with E-state index in [1.807, 2.05) is 35.2 Å². The highest BCUT2D eigenvalue weighted by Crippen LogP contribution is 2.36. The largest absolute Gasteiger partial charge is 0.433 e. The van der Waals surface area contributed by atoms with Crippen LogP contribution in [0.4, 0.5) is 19.0 Å². The molecule has 1 aliphatic heterocycles. The Morgan fingerprint density at radius 2 is 1.65 bits per heavy atom. The predicted molar refractivity (Wildman–Crippen MR) is 122 cm³/mol. The summed E-state index contributed by atoms with van der Waals surface area (Å²) in [6.45, 7) is 1.93. The van der Waals surface area contributed by atoms with Crippen LogP contribution < -0.4 is 4.90 Å². The van der Waals surface area contributed by atoms with Gasteiger partial charge >= 0.3 is 6.18 Å². The molecule has 6 nitrogen and oxygen atoms in total. The Bertz CT molecular complexity index is 1320. The molecule has 9 heteroatoms. The highest BCUT2D eigenvalue weighted by Gasteiger charge is 2.33. The zero-order valence-corrected chi connectivity index (χ0v) is 18.0. The van der Waals surface area contributed by atoms with Gasteiger partial charge in [-0.2, -0.15) is 13.2 Å². The van der Waals surface area contributed by atoms with Crippen LogP contribution in [0.15, 0.2) is 73.2 Å². The van der Waals surface area contributed by atoms with E-state index in [0.717, 1.165) is 11.6 Å². The van der Waals surface area contributed by atoms with Crippen LogP contribution in [0.2, 0.25) is 0 Å². The maximum absolute atomic E-state index is 13.4. The van der Waals surface area contributed by atoms with Gasteiger partial charge in [-0.25, -0.2) is 9.97 Å². The third kappa shape index (κ3) is 4.16. The first kappa shape index (κ1) is 21.8. The van der Waals surface area contributed by atoms with Crippen LogP contribution in [0.1, 0.15) is 16.1 Å². The van der Waals surface area contributed by atoms with Gasteiger partial charge in [-0.15, -0.1) is 0 Å². The molecular formula is C25H20F3N5O. The molecule has 1 aromatic carbocycles. The minimum Gasteiger partial charge on any atom is -0.353 e. The van der Waals surface area contributed by atoms with Crippen molar-refractivity contribution in [1.82, 2.24) is 19.9 Å². The van der Waals surface area contributed by atoms with Gasteiger partial charge < -0.3 is 9.80 Å². The zero-order valence-electron chi connectivity index (χ0n) is 18.0. The van der Waals surface area contributed by atoms with Crippen LogP contribution >= 0.6 is 0 Å². The third-order valence-electron chi connectivity index (χ3n) is 5.86. The number of carbonyl (C=O) groups excluding carboxylic acids is 1. The Hall–Kier alpha value is -4.01. The molecule has 0 radical (unpaired) electrons. The van der Waals surface area contributed by atoms with E-state index in [1.54, 1.807) is 29.4 Å². The molecule has 34 heavy (non-hydrogen) atoms. The Morgan fingerprint density at radius 1 is 0.882 bits per heavy atom. The van der Waals surface area contributed by atoms with Crippen molar-refractivity contribution in [2.45, 2.75) is 6.18 Å². The lowest BCUT2D eigenvalue weighted by Crippen LogP contribution is -2.49. The molecule has 1 amide bonds. The fourth-order valence-corrected chi connectivity index (χ4v) is 4.13. The number of nitrogens with zero attached hydrogens (tertiary/aromatic N) is 5. The lowest BCUT2D eigenvalue weighted by Gasteiger charge is -2.36. The quantitative estimate of drug-likeness (QED) is 0.442. The first-order valence-electron chi connectivity index (χ1n) is 10.8. The van der Waals surface area contributed by atoms with Gasteiger partial charge in [0.2, 0.25) is 0 Å². The number of carbonyl (C=O) groups is 1. The number of anilines is 1. The first-order chi connectivity index (χ1) is 16.4. The highest BCUT2D eigenvalue weighted by molar-refractivity contribution is 5.99. The molecule has 0 aliphatic carbocycles. The number of pyridine rings is 3. The van der Waals surface area contributed by atoms with Crippen molar-refractivity contribution in [1.29, 1.82) is 0 Å². The minimum absolute atomic E-state index is 0.0959. The van der Waals surface area contributed by atoms with E-state index in [2.05, 4.69) is 15.0 Å². The van der Waals surface area contributed by atoms with E-state index >= 15 is 0 Å². The van der Waals surface area contributed by atoms with Gasteiger partial charge in [0.1, 0.15) is 11.5 Å². The summed E-state index contributed by atoms with van der Waals surface area (Å²) in [5.41, 5.74) is 1.11. The number of halogens is 3. The Morgan fingerprint density at radius 3 is 2.32 bits per heavy atom. The Balaban J connectivity index is 1.48. The third-order valence-corrected chi connectivity index (χ3v) is 5.86. The number of hydrogen-bond acceptors (Lipinski definition) is 5. The molecule has 1 fully saturated rings. The molecule has 4 aromatic rings. The maximum atomic E-state index is 13.4. The molecule has 0 N–H and O–H groups in total. The summed E-state index contributed by atoms with van der Waals surface area (Å²) in [4.78, 5) is 29.1. The van der Waals surface area contributed by atoms with Crippen molar-refractivity contribution < 1.29 is 18.0 Å². The van der Waals surface area contributed by atoms with Crippen LogP contribution in [-0.4, -0.2) is 51.9 Å². The van der Waals surface area contributed by atoms with Crippen molar-refractivity contribution in [3.05, 3.63) is 84.4 Å². The van der Waals surface area contributed by atoms with Gasteiger partial charge in [-0.3, -0.25) is 9.78 Å². The first-order valence-corrected chi connectivity index (χ1v) is 10.8. The fraction of sp³-hybridized carbons (Fsp3) is 0.200. The van der Waals surface area contributed by atoms with Gasteiger partial charge in [0, 0.05) is 55.7 Å². The van der Waals surface area contributed by atoms with E-state index in [4.69, 9.17) is 0 Å². The van der Waals surface area contributed by atoms with Crippen LogP contribution in [-0.2, 0) is 6.18 Å². The number of benzene rings is 1. The molecular weight excluding hydrogens is 443 g/mol. The standard InChI is InChI=1S/C25H20F3N5O/c26-25(27,28)21-9-8-19-22(31-21)20(17-5-2-1-3-6-17)16-30-23(19)32-11-13-33(14-12-32)24(34)18-7-4-10-29-15-18/h1-10,15-16H,11-14H2. The molecule has 172 valence electrons. The lowest BCUT2D eigenvalue weighted by atomic mass is 10.0. The van der Waals surface area contributed by atoms with Crippen LogP contribution in [0, 0.1) is 0 Å². The molecule has 0 spiro atoms. The van der Waals surface area contributed by atoms with Gasteiger partial charge in [-0.05, 0) is 29.8 Å². The van der Waals surface area contributed by atoms with Crippen molar-refractivity contribution in [3.63, 3.8) is 0 Å². The summed E-state index contributed by atoms with van der Waals surface area (Å²) < 4.78 is 40.3. The SMILES string of the molecule is O=C(c1cccnc1)N1CCN(c2ncc(-c3ccccc3)c3nc(C(F)(F)F)ccc23)CC1. The van der Waals surface area contributed by atoms with Gasteiger partial charge in [0.25, 0.3) is 5.91 Å². The molecule has 1 aliphatic rings. The number of alkyl halides is 3. The lowest BCUT2D eigenvalue weighted by molar-refractivity contribution is -0.140. The number of piperazine rings is 1. The number of rotatable bonds is 3. The molecule has 3 aromatic heterocycles. The van der Waals surface area contributed by atoms with E-state index in [-0.39, 0.29) is 11.4 Å². The summed E-state index contributed by atoms with van der Waals surface area (Å²) in [7, 11) is 0. The molecule has 5 rings (SSSR count). The van der Waals surface area contributed by atoms with Crippen LogP contribution in [0.25, 0.3) is 22.0 Å². The smallest absolute Gasteiger partial charge is 0.353 e. The number of fused-ring (bicyclic) bond motifs is 1. The van der Waals surface area contributed by atoms with Crippen molar-refractivity contribution in [2.24, 2.45) is 0 Å². The Kier molecular flexibility index (Phi) is 5.61. The fourth-order valence-electron chi connectivity index (χ4n) is 4.13. The van der Waals surface area contributed by atoms with Gasteiger partial charge in [0.05, 0.1) is 11.1 Å². The average molecular weight is 463 g/mol. The zero-order chi connectivity index (χ0) is 23.7. The average Bonchev–Trinajstić information content (AvgIpc) is 2.88. The summed E-state index contributed by atoms with van der Waals surface area (Å²) in [5, 5.41) is 0.543. The van der Waals surface area contributed by atoms with Gasteiger partial charge in [-0.1, -0.05) is 30.3 Å². The van der Waals surface area contributed by atoms with E-state index in [1.165, 1.54) is 12.3 Å². The second-order valence-corrected chi connectivity index (χ2v) is 7.97. The summed E-state index contributed by atoms with van der Waals surface area (Å²) in [5.74, 6) is 0.464. The molecule has 0 unspecified atom stereocenters.